The second-order valence-electron chi connectivity index (χ2n) is 4.05. The SMILES string of the molecule is CN(CC(N)=O)Cc1ccc(C=CC(=O)O)cc1. The first-order valence-electron chi connectivity index (χ1n) is 5.44. The predicted molar refractivity (Wildman–Crippen MR) is 68.6 cm³/mol. The summed E-state index contributed by atoms with van der Waals surface area (Å²) in [5.41, 5.74) is 6.95. The van der Waals surface area contributed by atoms with Crippen molar-refractivity contribution in [3.05, 3.63) is 41.5 Å². The zero-order chi connectivity index (χ0) is 13.5. The van der Waals surface area contributed by atoms with Crippen molar-refractivity contribution >= 4 is 18.0 Å². The number of carboxylic acid groups (broad SMARTS) is 1. The molecule has 5 nitrogen and oxygen atoms in total. The van der Waals surface area contributed by atoms with Gasteiger partial charge in [-0.1, -0.05) is 24.3 Å². The Hall–Kier alpha value is -2.14. The van der Waals surface area contributed by atoms with E-state index in [2.05, 4.69) is 0 Å². The lowest BCUT2D eigenvalue weighted by atomic mass is 10.1. The molecule has 96 valence electrons. The molecule has 0 aromatic heterocycles. The van der Waals surface area contributed by atoms with Gasteiger partial charge in [-0.15, -0.1) is 0 Å². The number of carboxylic acids is 1. The summed E-state index contributed by atoms with van der Waals surface area (Å²) in [4.78, 5) is 22.9. The molecule has 0 saturated carbocycles. The van der Waals surface area contributed by atoms with Crippen LogP contribution >= 0.6 is 0 Å². The number of aliphatic carboxylic acids is 1. The van der Waals surface area contributed by atoms with Gasteiger partial charge in [0.15, 0.2) is 0 Å². The van der Waals surface area contributed by atoms with Crippen molar-refractivity contribution < 1.29 is 14.7 Å². The normalized spacial score (nSPS) is 11.0. The van der Waals surface area contributed by atoms with Crippen molar-refractivity contribution in [2.24, 2.45) is 5.73 Å². The molecule has 0 spiro atoms. The van der Waals surface area contributed by atoms with Crippen molar-refractivity contribution in [1.82, 2.24) is 4.90 Å². The van der Waals surface area contributed by atoms with Gasteiger partial charge in [-0.05, 0) is 24.3 Å². The summed E-state index contributed by atoms with van der Waals surface area (Å²) in [6.07, 6.45) is 2.62. The van der Waals surface area contributed by atoms with Crippen LogP contribution in [0.2, 0.25) is 0 Å². The summed E-state index contributed by atoms with van der Waals surface area (Å²) in [5.74, 6) is -1.33. The number of rotatable bonds is 6. The number of likely N-dealkylation sites (N-methyl/N-ethyl adjacent to an activating group) is 1. The van der Waals surface area contributed by atoms with Crippen LogP contribution in [0.5, 0.6) is 0 Å². The molecule has 0 aliphatic heterocycles. The highest BCUT2D eigenvalue weighted by molar-refractivity contribution is 5.85. The Morgan fingerprint density at radius 1 is 1.33 bits per heavy atom. The van der Waals surface area contributed by atoms with Crippen LogP contribution in [0.1, 0.15) is 11.1 Å². The smallest absolute Gasteiger partial charge is 0.328 e. The van der Waals surface area contributed by atoms with E-state index >= 15 is 0 Å². The number of carbonyl (C=O) groups excluding carboxylic acids is 1. The van der Waals surface area contributed by atoms with Gasteiger partial charge in [0.2, 0.25) is 5.91 Å². The highest BCUT2D eigenvalue weighted by atomic mass is 16.4. The van der Waals surface area contributed by atoms with Gasteiger partial charge >= 0.3 is 5.97 Å². The number of nitrogens with zero attached hydrogens (tertiary/aromatic N) is 1. The van der Waals surface area contributed by atoms with Gasteiger partial charge in [0.05, 0.1) is 6.54 Å². The van der Waals surface area contributed by atoms with Gasteiger partial charge in [-0.25, -0.2) is 4.79 Å². The average molecular weight is 248 g/mol. The summed E-state index contributed by atoms with van der Waals surface area (Å²) < 4.78 is 0. The third-order valence-electron chi connectivity index (χ3n) is 2.28. The summed E-state index contributed by atoms with van der Waals surface area (Å²) in [5, 5.41) is 8.50. The van der Waals surface area contributed by atoms with Crippen molar-refractivity contribution in [2.45, 2.75) is 6.54 Å². The summed E-state index contributed by atoms with van der Waals surface area (Å²) in [6, 6.07) is 7.43. The van der Waals surface area contributed by atoms with E-state index in [4.69, 9.17) is 10.8 Å². The number of nitrogens with two attached hydrogens (primary N) is 1. The van der Waals surface area contributed by atoms with Crippen molar-refractivity contribution in [2.75, 3.05) is 13.6 Å². The molecular weight excluding hydrogens is 232 g/mol. The number of hydrogen-bond donors (Lipinski definition) is 2. The van der Waals surface area contributed by atoms with Gasteiger partial charge in [0, 0.05) is 12.6 Å². The predicted octanol–water partition coefficient (Wildman–Crippen LogP) is 0.702. The van der Waals surface area contributed by atoms with Crippen molar-refractivity contribution in [1.29, 1.82) is 0 Å². The zero-order valence-corrected chi connectivity index (χ0v) is 10.2. The van der Waals surface area contributed by atoms with Crippen LogP contribution in [-0.2, 0) is 16.1 Å². The van der Waals surface area contributed by atoms with Gasteiger partial charge in [-0.3, -0.25) is 9.69 Å². The Balaban J connectivity index is 2.60. The minimum absolute atomic E-state index is 0.209. The van der Waals surface area contributed by atoms with E-state index in [1.165, 1.54) is 6.08 Å². The van der Waals surface area contributed by atoms with Gasteiger partial charge < -0.3 is 10.8 Å². The number of hydrogen-bond acceptors (Lipinski definition) is 3. The van der Waals surface area contributed by atoms with Crippen LogP contribution in [0.3, 0.4) is 0 Å². The molecule has 0 radical (unpaired) electrons. The fourth-order valence-electron chi connectivity index (χ4n) is 1.54. The van der Waals surface area contributed by atoms with E-state index in [1.54, 1.807) is 0 Å². The first-order valence-corrected chi connectivity index (χ1v) is 5.44. The van der Waals surface area contributed by atoms with Gasteiger partial charge in [0.1, 0.15) is 0 Å². The maximum Gasteiger partial charge on any atom is 0.328 e. The molecule has 18 heavy (non-hydrogen) atoms. The lowest BCUT2D eigenvalue weighted by molar-refractivity contribution is -0.131. The van der Waals surface area contributed by atoms with E-state index in [0.29, 0.717) is 6.54 Å². The number of amides is 1. The van der Waals surface area contributed by atoms with Crippen LogP contribution < -0.4 is 5.73 Å². The quantitative estimate of drug-likeness (QED) is 0.726. The molecule has 3 N–H and O–H groups in total. The molecule has 0 bridgehead atoms. The molecular formula is C13H16N2O3. The maximum atomic E-state index is 10.7. The molecule has 1 rings (SSSR count). The Morgan fingerprint density at radius 2 is 1.94 bits per heavy atom. The van der Waals surface area contributed by atoms with E-state index in [1.807, 2.05) is 36.2 Å². The Labute approximate surface area is 106 Å². The molecule has 1 aromatic carbocycles. The second kappa shape index (κ2) is 6.56. The highest BCUT2D eigenvalue weighted by Gasteiger charge is 2.03. The van der Waals surface area contributed by atoms with Crippen LogP contribution in [0.25, 0.3) is 6.08 Å². The fourth-order valence-corrected chi connectivity index (χ4v) is 1.54. The van der Waals surface area contributed by atoms with Crippen LogP contribution in [0.4, 0.5) is 0 Å². The lowest BCUT2D eigenvalue weighted by Gasteiger charge is -2.14. The molecule has 0 saturated heterocycles. The molecule has 1 amide bonds. The third kappa shape index (κ3) is 5.27. The van der Waals surface area contributed by atoms with E-state index < -0.39 is 5.97 Å². The van der Waals surface area contributed by atoms with Crippen LogP contribution in [-0.4, -0.2) is 35.5 Å². The Morgan fingerprint density at radius 3 is 2.44 bits per heavy atom. The highest BCUT2D eigenvalue weighted by Crippen LogP contribution is 2.08. The minimum Gasteiger partial charge on any atom is -0.478 e. The summed E-state index contributed by atoms with van der Waals surface area (Å²) in [7, 11) is 1.81. The standard InChI is InChI=1S/C13H16N2O3/c1-15(9-12(14)16)8-11-4-2-10(3-5-11)6-7-13(17)18/h2-7H,8-9H2,1H3,(H2,14,16)(H,17,18). The molecule has 0 heterocycles. The van der Waals surface area contributed by atoms with Crippen LogP contribution in [0.15, 0.2) is 30.3 Å². The zero-order valence-electron chi connectivity index (χ0n) is 10.2. The molecule has 0 fully saturated rings. The molecule has 5 heteroatoms. The van der Waals surface area contributed by atoms with E-state index in [9.17, 15) is 9.59 Å². The van der Waals surface area contributed by atoms with Crippen LogP contribution in [0, 0.1) is 0 Å². The minimum atomic E-state index is -0.972. The molecule has 0 aliphatic rings. The number of primary amides is 1. The van der Waals surface area contributed by atoms with Crippen molar-refractivity contribution in [3.63, 3.8) is 0 Å². The summed E-state index contributed by atoms with van der Waals surface area (Å²) >= 11 is 0. The van der Waals surface area contributed by atoms with E-state index in [-0.39, 0.29) is 12.5 Å². The monoisotopic (exact) mass is 248 g/mol. The average Bonchev–Trinajstić information content (AvgIpc) is 2.26. The summed E-state index contributed by atoms with van der Waals surface area (Å²) in [6.45, 7) is 0.826. The molecule has 0 atom stereocenters. The first kappa shape index (κ1) is 13.9. The largest absolute Gasteiger partial charge is 0.478 e. The maximum absolute atomic E-state index is 10.7. The fraction of sp³-hybridized carbons (Fsp3) is 0.231. The Bertz CT molecular complexity index is 452. The topological polar surface area (TPSA) is 83.6 Å². The van der Waals surface area contributed by atoms with Gasteiger partial charge in [-0.2, -0.15) is 0 Å². The number of benzene rings is 1. The molecule has 1 aromatic rings. The second-order valence-corrected chi connectivity index (χ2v) is 4.05. The van der Waals surface area contributed by atoms with E-state index in [0.717, 1.165) is 17.2 Å². The lowest BCUT2D eigenvalue weighted by Crippen LogP contribution is -2.30. The Kier molecular flexibility index (Phi) is 5.07. The third-order valence-corrected chi connectivity index (χ3v) is 2.28. The first-order chi connectivity index (χ1) is 8.47. The molecule has 0 aliphatic carbocycles. The molecule has 0 unspecified atom stereocenters. The van der Waals surface area contributed by atoms with Crippen molar-refractivity contribution in [3.8, 4) is 0 Å². The van der Waals surface area contributed by atoms with Gasteiger partial charge in [0.25, 0.3) is 0 Å². The number of carbonyl (C=O) groups is 2.